The van der Waals surface area contributed by atoms with Crippen LogP contribution < -0.4 is 4.74 Å². The number of aromatic nitrogens is 1. The van der Waals surface area contributed by atoms with Crippen molar-refractivity contribution in [2.24, 2.45) is 0 Å². The Morgan fingerprint density at radius 3 is 2.67 bits per heavy atom. The third-order valence-electron chi connectivity index (χ3n) is 2.29. The van der Waals surface area contributed by atoms with Crippen molar-refractivity contribution in [3.63, 3.8) is 0 Å². The van der Waals surface area contributed by atoms with Crippen LogP contribution in [0.3, 0.4) is 0 Å². The maximum absolute atomic E-state index is 12.9. The normalized spacial score (nSPS) is 10.1. The van der Waals surface area contributed by atoms with Crippen molar-refractivity contribution in [2.45, 2.75) is 6.92 Å². The number of nitrogens with zero attached hydrogens (tertiary/aromatic N) is 2. The van der Waals surface area contributed by atoms with Crippen molar-refractivity contribution in [1.29, 1.82) is 0 Å². The van der Waals surface area contributed by atoms with Gasteiger partial charge < -0.3 is 4.74 Å². The molecule has 0 aliphatic rings. The van der Waals surface area contributed by atoms with E-state index in [0.717, 1.165) is 6.07 Å². The Bertz CT molecular complexity index is 602. The smallest absolute Gasteiger partial charge is 0.314 e. The van der Waals surface area contributed by atoms with Gasteiger partial charge in [0, 0.05) is 11.6 Å². The molecule has 5 nitrogen and oxygen atoms in total. The second kappa shape index (κ2) is 4.79. The highest BCUT2D eigenvalue weighted by molar-refractivity contribution is 5.53. The topological polar surface area (TPSA) is 65.3 Å². The molecule has 0 atom stereocenters. The molecule has 92 valence electrons. The van der Waals surface area contributed by atoms with Crippen LogP contribution in [0.2, 0.25) is 0 Å². The summed E-state index contributed by atoms with van der Waals surface area (Å²) in [5.74, 6) is -0.690. The summed E-state index contributed by atoms with van der Waals surface area (Å²) < 4.78 is 18.1. The minimum absolute atomic E-state index is 0.0244. The van der Waals surface area contributed by atoms with E-state index < -0.39 is 10.9 Å². The van der Waals surface area contributed by atoms with Crippen LogP contribution in [0.1, 0.15) is 5.56 Å². The first-order valence-electron chi connectivity index (χ1n) is 5.12. The first-order chi connectivity index (χ1) is 8.58. The van der Waals surface area contributed by atoms with Gasteiger partial charge in [-0.05, 0) is 19.1 Å². The number of hydrogen-bond acceptors (Lipinski definition) is 4. The lowest BCUT2D eigenvalue weighted by Gasteiger charge is -2.06. The SMILES string of the molecule is Cc1cccc(Oc2cccc(F)n2)c1[N+](=O)[O-]. The van der Waals surface area contributed by atoms with E-state index in [1.54, 1.807) is 19.1 Å². The molecule has 0 bridgehead atoms. The molecule has 0 radical (unpaired) electrons. The lowest BCUT2D eigenvalue weighted by Crippen LogP contribution is -1.97. The Morgan fingerprint density at radius 2 is 2.00 bits per heavy atom. The molecule has 0 aliphatic heterocycles. The molecule has 0 fully saturated rings. The number of nitro benzene ring substituents is 1. The van der Waals surface area contributed by atoms with E-state index in [-0.39, 0.29) is 17.3 Å². The summed E-state index contributed by atoms with van der Waals surface area (Å²) in [6.07, 6.45) is 0. The number of aryl methyl sites for hydroxylation is 1. The van der Waals surface area contributed by atoms with E-state index in [1.165, 1.54) is 18.2 Å². The quantitative estimate of drug-likeness (QED) is 0.475. The Balaban J connectivity index is 2.40. The molecule has 6 heteroatoms. The summed E-state index contributed by atoms with van der Waals surface area (Å²) in [6.45, 7) is 1.60. The van der Waals surface area contributed by atoms with Gasteiger partial charge in [-0.25, -0.2) is 0 Å². The molecule has 1 aromatic heterocycles. The summed E-state index contributed by atoms with van der Waals surface area (Å²) >= 11 is 0. The van der Waals surface area contributed by atoms with Crippen molar-refractivity contribution in [3.05, 3.63) is 58.0 Å². The monoisotopic (exact) mass is 248 g/mol. The summed E-state index contributed by atoms with van der Waals surface area (Å²) in [7, 11) is 0. The zero-order valence-electron chi connectivity index (χ0n) is 9.46. The fraction of sp³-hybridized carbons (Fsp3) is 0.0833. The molecular weight excluding hydrogens is 239 g/mol. The number of benzene rings is 1. The third-order valence-corrected chi connectivity index (χ3v) is 2.29. The van der Waals surface area contributed by atoms with Crippen LogP contribution in [-0.4, -0.2) is 9.91 Å². The summed E-state index contributed by atoms with van der Waals surface area (Å²) in [5.41, 5.74) is 0.317. The molecule has 0 aliphatic carbocycles. The number of pyridine rings is 1. The molecule has 0 unspecified atom stereocenters. The predicted octanol–water partition coefficient (Wildman–Crippen LogP) is 3.23. The Hall–Kier alpha value is -2.50. The fourth-order valence-corrected chi connectivity index (χ4v) is 1.51. The average molecular weight is 248 g/mol. The highest BCUT2D eigenvalue weighted by Gasteiger charge is 2.19. The van der Waals surface area contributed by atoms with Crippen LogP contribution >= 0.6 is 0 Å². The molecule has 0 saturated carbocycles. The van der Waals surface area contributed by atoms with E-state index in [0.29, 0.717) is 5.56 Å². The Morgan fingerprint density at radius 1 is 1.28 bits per heavy atom. The van der Waals surface area contributed by atoms with Crippen molar-refractivity contribution in [1.82, 2.24) is 4.98 Å². The molecular formula is C12H9FN2O3. The summed E-state index contributed by atoms with van der Waals surface area (Å²) in [4.78, 5) is 13.9. The number of hydrogen-bond donors (Lipinski definition) is 0. The molecule has 0 amide bonds. The molecule has 18 heavy (non-hydrogen) atoms. The molecule has 2 aromatic rings. The zero-order chi connectivity index (χ0) is 13.1. The van der Waals surface area contributed by atoms with Crippen molar-refractivity contribution >= 4 is 5.69 Å². The Kier molecular flexibility index (Phi) is 3.18. The lowest BCUT2D eigenvalue weighted by molar-refractivity contribution is -0.386. The van der Waals surface area contributed by atoms with Gasteiger partial charge in [0.2, 0.25) is 17.6 Å². The Labute approximate surface area is 102 Å². The van der Waals surface area contributed by atoms with Crippen LogP contribution in [0.25, 0.3) is 0 Å². The summed E-state index contributed by atoms with van der Waals surface area (Å²) in [6, 6.07) is 8.67. The summed E-state index contributed by atoms with van der Waals surface area (Å²) in [5, 5.41) is 10.9. The highest BCUT2D eigenvalue weighted by Crippen LogP contribution is 2.33. The standard InChI is InChI=1S/C12H9FN2O3/c1-8-4-2-5-9(12(8)15(16)17)18-11-7-3-6-10(13)14-11/h2-7H,1H3. The number of nitro groups is 1. The molecule has 1 aromatic carbocycles. The third kappa shape index (κ3) is 2.42. The van der Waals surface area contributed by atoms with E-state index in [2.05, 4.69) is 4.98 Å². The molecule has 0 N–H and O–H groups in total. The minimum atomic E-state index is -0.706. The number of para-hydroxylation sites is 1. The van der Waals surface area contributed by atoms with Crippen LogP contribution in [-0.2, 0) is 0 Å². The predicted molar refractivity (Wildman–Crippen MR) is 62.1 cm³/mol. The van der Waals surface area contributed by atoms with E-state index in [1.807, 2.05) is 0 Å². The van der Waals surface area contributed by atoms with Gasteiger partial charge in [-0.1, -0.05) is 18.2 Å². The van der Waals surface area contributed by atoms with Crippen LogP contribution in [0.5, 0.6) is 11.6 Å². The van der Waals surface area contributed by atoms with Gasteiger partial charge in [0.25, 0.3) is 0 Å². The van der Waals surface area contributed by atoms with Crippen LogP contribution in [0, 0.1) is 23.0 Å². The lowest BCUT2D eigenvalue weighted by atomic mass is 10.2. The molecule has 0 saturated heterocycles. The van der Waals surface area contributed by atoms with E-state index in [4.69, 9.17) is 4.74 Å². The second-order valence-electron chi connectivity index (χ2n) is 3.58. The van der Waals surface area contributed by atoms with E-state index >= 15 is 0 Å². The molecule has 2 rings (SSSR count). The molecule has 1 heterocycles. The average Bonchev–Trinajstić information content (AvgIpc) is 2.28. The van der Waals surface area contributed by atoms with Gasteiger partial charge in [-0.2, -0.15) is 9.37 Å². The fourth-order valence-electron chi connectivity index (χ4n) is 1.51. The van der Waals surface area contributed by atoms with Gasteiger partial charge in [-0.15, -0.1) is 0 Å². The van der Waals surface area contributed by atoms with Gasteiger partial charge in [-0.3, -0.25) is 10.1 Å². The first-order valence-corrected chi connectivity index (χ1v) is 5.12. The van der Waals surface area contributed by atoms with Gasteiger partial charge >= 0.3 is 5.69 Å². The number of ether oxygens (including phenoxy) is 1. The minimum Gasteiger partial charge on any atom is -0.432 e. The van der Waals surface area contributed by atoms with Gasteiger partial charge in [0.15, 0.2) is 0 Å². The van der Waals surface area contributed by atoms with E-state index in [9.17, 15) is 14.5 Å². The second-order valence-corrected chi connectivity index (χ2v) is 3.58. The number of halogens is 1. The van der Waals surface area contributed by atoms with Gasteiger partial charge in [0.1, 0.15) is 0 Å². The van der Waals surface area contributed by atoms with Crippen LogP contribution in [0.4, 0.5) is 10.1 Å². The van der Waals surface area contributed by atoms with Crippen molar-refractivity contribution in [3.8, 4) is 11.6 Å². The zero-order valence-corrected chi connectivity index (χ0v) is 9.46. The van der Waals surface area contributed by atoms with Gasteiger partial charge in [0.05, 0.1) is 4.92 Å². The maximum atomic E-state index is 12.9. The number of rotatable bonds is 3. The highest BCUT2D eigenvalue weighted by atomic mass is 19.1. The first kappa shape index (κ1) is 12.0. The van der Waals surface area contributed by atoms with Crippen molar-refractivity contribution in [2.75, 3.05) is 0 Å². The maximum Gasteiger partial charge on any atom is 0.314 e. The largest absolute Gasteiger partial charge is 0.432 e. The van der Waals surface area contributed by atoms with Crippen LogP contribution in [0.15, 0.2) is 36.4 Å². The van der Waals surface area contributed by atoms with Crippen molar-refractivity contribution < 1.29 is 14.1 Å². The molecule has 0 spiro atoms.